The van der Waals surface area contributed by atoms with Crippen LogP contribution < -0.4 is 4.90 Å². The second-order valence-corrected chi connectivity index (χ2v) is 7.46. The number of carbonyl (C=O) groups is 1. The molecule has 0 saturated carbocycles. The Morgan fingerprint density at radius 2 is 2.00 bits per heavy atom. The highest BCUT2D eigenvalue weighted by Crippen LogP contribution is 2.44. The summed E-state index contributed by atoms with van der Waals surface area (Å²) in [5, 5.41) is 11.0. The number of anilines is 1. The number of halogens is 1. The summed E-state index contributed by atoms with van der Waals surface area (Å²) in [5.41, 5.74) is 1.42. The van der Waals surface area contributed by atoms with Gasteiger partial charge in [0.2, 0.25) is 5.91 Å². The van der Waals surface area contributed by atoms with Gasteiger partial charge in [-0.15, -0.1) is 11.8 Å². The maximum atomic E-state index is 13.4. The third kappa shape index (κ3) is 2.85. The number of rotatable bonds is 3. The van der Waals surface area contributed by atoms with Crippen LogP contribution >= 0.6 is 23.1 Å². The van der Waals surface area contributed by atoms with Crippen molar-refractivity contribution in [1.82, 2.24) is 4.98 Å². The van der Waals surface area contributed by atoms with Gasteiger partial charge in [-0.25, -0.2) is 9.37 Å². The molecule has 1 amide bonds. The molecule has 1 aromatic heterocycles. The number of nitro groups is 1. The summed E-state index contributed by atoms with van der Waals surface area (Å²) in [6, 6.07) is 10.4. The zero-order valence-corrected chi connectivity index (χ0v) is 14.2. The van der Waals surface area contributed by atoms with Crippen molar-refractivity contribution >= 4 is 50.0 Å². The van der Waals surface area contributed by atoms with E-state index in [2.05, 4.69) is 4.98 Å². The average Bonchev–Trinajstić information content (AvgIpc) is 3.17. The van der Waals surface area contributed by atoms with Crippen LogP contribution in [0.15, 0.2) is 42.5 Å². The number of amides is 1. The van der Waals surface area contributed by atoms with Crippen LogP contribution in [0.3, 0.4) is 0 Å². The van der Waals surface area contributed by atoms with E-state index in [-0.39, 0.29) is 22.8 Å². The Balaban J connectivity index is 1.72. The van der Waals surface area contributed by atoms with Gasteiger partial charge in [-0.05, 0) is 35.9 Å². The molecule has 1 saturated heterocycles. The first-order chi connectivity index (χ1) is 12.0. The molecule has 126 valence electrons. The zero-order chi connectivity index (χ0) is 17.6. The molecule has 2 heterocycles. The van der Waals surface area contributed by atoms with Gasteiger partial charge in [-0.3, -0.25) is 19.8 Å². The van der Waals surface area contributed by atoms with Crippen molar-refractivity contribution in [3.8, 4) is 0 Å². The maximum Gasteiger partial charge on any atom is 0.269 e. The van der Waals surface area contributed by atoms with E-state index < -0.39 is 4.92 Å². The van der Waals surface area contributed by atoms with Crippen LogP contribution in [-0.4, -0.2) is 21.6 Å². The first-order valence-corrected chi connectivity index (χ1v) is 9.13. The van der Waals surface area contributed by atoms with E-state index >= 15 is 0 Å². The highest BCUT2D eigenvalue weighted by Gasteiger charge is 2.36. The molecule has 3 aromatic rings. The van der Waals surface area contributed by atoms with Crippen LogP contribution in [0.4, 0.5) is 15.2 Å². The van der Waals surface area contributed by atoms with Crippen molar-refractivity contribution in [3.63, 3.8) is 0 Å². The Morgan fingerprint density at radius 1 is 1.24 bits per heavy atom. The highest BCUT2D eigenvalue weighted by molar-refractivity contribution is 8.00. The Hall–Kier alpha value is -2.52. The monoisotopic (exact) mass is 375 g/mol. The Kier molecular flexibility index (Phi) is 3.89. The van der Waals surface area contributed by atoms with E-state index in [0.29, 0.717) is 21.1 Å². The van der Waals surface area contributed by atoms with Gasteiger partial charge in [-0.2, -0.15) is 0 Å². The van der Waals surface area contributed by atoms with Crippen LogP contribution in [0.2, 0.25) is 0 Å². The lowest BCUT2D eigenvalue weighted by atomic mass is 10.2. The zero-order valence-electron chi connectivity index (χ0n) is 12.6. The number of non-ortho nitro benzene ring substituents is 1. The summed E-state index contributed by atoms with van der Waals surface area (Å²) in [6.45, 7) is 0. The molecule has 0 bridgehead atoms. The van der Waals surface area contributed by atoms with Gasteiger partial charge in [0.1, 0.15) is 11.2 Å². The molecule has 0 radical (unpaired) electrons. The molecule has 0 N–H and O–H groups in total. The van der Waals surface area contributed by atoms with Crippen molar-refractivity contribution in [2.75, 3.05) is 10.7 Å². The summed E-state index contributed by atoms with van der Waals surface area (Å²) < 4.78 is 14.1. The standard InChI is InChI=1S/C16H10FN3O3S2/c17-10-3-6-12-13(7-10)25-16(18-12)19-14(21)8-24-15(19)9-1-4-11(5-2-9)20(22)23/h1-7,15H,8H2. The molecular weight excluding hydrogens is 365 g/mol. The lowest BCUT2D eigenvalue weighted by Gasteiger charge is -2.21. The van der Waals surface area contributed by atoms with E-state index in [4.69, 9.17) is 0 Å². The smallest absolute Gasteiger partial charge is 0.269 e. The molecule has 0 aliphatic carbocycles. The molecule has 1 aliphatic heterocycles. The predicted octanol–water partition coefficient (Wildman–Crippen LogP) is 4.12. The van der Waals surface area contributed by atoms with E-state index in [0.717, 1.165) is 5.56 Å². The van der Waals surface area contributed by atoms with Gasteiger partial charge >= 0.3 is 0 Å². The lowest BCUT2D eigenvalue weighted by Crippen LogP contribution is -2.27. The van der Waals surface area contributed by atoms with Crippen LogP contribution in [-0.2, 0) is 4.79 Å². The fourth-order valence-corrected chi connectivity index (χ4v) is 4.89. The quantitative estimate of drug-likeness (QED) is 0.508. The number of benzene rings is 2. The van der Waals surface area contributed by atoms with Crippen LogP contribution in [0.25, 0.3) is 10.2 Å². The van der Waals surface area contributed by atoms with E-state index in [1.165, 1.54) is 47.4 Å². The second-order valence-electron chi connectivity index (χ2n) is 5.38. The third-order valence-corrected chi connectivity index (χ3v) is 6.03. The molecule has 1 atom stereocenters. The number of hydrogen-bond donors (Lipinski definition) is 0. The van der Waals surface area contributed by atoms with Crippen LogP contribution in [0, 0.1) is 15.9 Å². The van der Waals surface area contributed by atoms with Crippen LogP contribution in [0.1, 0.15) is 10.9 Å². The Morgan fingerprint density at radius 3 is 2.72 bits per heavy atom. The molecule has 0 spiro atoms. The molecule has 9 heteroatoms. The minimum atomic E-state index is -0.462. The minimum Gasteiger partial charge on any atom is -0.273 e. The molecule has 1 unspecified atom stereocenters. The first kappa shape index (κ1) is 16.0. The summed E-state index contributed by atoms with van der Waals surface area (Å²) in [6.07, 6.45) is 0. The number of hydrogen-bond acceptors (Lipinski definition) is 6. The number of nitrogens with zero attached hydrogens (tertiary/aromatic N) is 3. The van der Waals surface area contributed by atoms with Gasteiger partial charge in [-0.1, -0.05) is 11.3 Å². The average molecular weight is 375 g/mol. The molecule has 2 aromatic carbocycles. The first-order valence-electron chi connectivity index (χ1n) is 7.27. The SMILES string of the molecule is O=C1CSC(c2ccc([N+](=O)[O-])cc2)N1c1nc2ccc(F)cc2s1. The fraction of sp³-hybridized carbons (Fsp3) is 0.125. The lowest BCUT2D eigenvalue weighted by molar-refractivity contribution is -0.384. The van der Waals surface area contributed by atoms with Gasteiger partial charge < -0.3 is 0 Å². The number of fused-ring (bicyclic) bond motifs is 1. The van der Waals surface area contributed by atoms with Gasteiger partial charge in [0, 0.05) is 12.1 Å². The van der Waals surface area contributed by atoms with Crippen molar-refractivity contribution in [2.24, 2.45) is 0 Å². The number of carbonyl (C=O) groups excluding carboxylic acids is 1. The van der Waals surface area contributed by atoms with Crippen LogP contribution in [0.5, 0.6) is 0 Å². The van der Waals surface area contributed by atoms with Gasteiger partial charge in [0.15, 0.2) is 5.13 Å². The highest BCUT2D eigenvalue weighted by atomic mass is 32.2. The molecule has 1 fully saturated rings. The van der Waals surface area contributed by atoms with Gasteiger partial charge in [0.25, 0.3) is 5.69 Å². The summed E-state index contributed by atoms with van der Waals surface area (Å²) in [7, 11) is 0. The fourth-order valence-electron chi connectivity index (χ4n) is 2.63. The molecule has 4 rings (SSSR count). The maximum absolute atomic E-state index is 13.4. The van der Waals surface area contributed by atoms with Crippen molar-refractivity contribution in [2.45, 2.75) is 5.37 Å². The molecular formula is C16H10FN3O3S2. The molecule has 25 heavy (non-hydrogen) atoms. The molecule has 1 aliphatic rings. The van der Waals surface area contributed by atoms with E-state index in [9.17, 15) is 19.3 Å². The third-order valence-electron chi connectivity index (χ3n) is 3.80. The number of aromatic nitrogens is 1. The Bertz CT molecular complexity index is 990. The largest absolute Gasteiger partial charge is 0.273 e. The number of nitro benzene ring substituents is 1. The summed E-state index contributed by atoms with van der Waals surface area (Å²) in [5.74, 6) is -0.143. The second kappa shape index (κ2) is 6.08. The van der Waals surface area contributed by atoms with Crippen molar-refractivity contribution < 1.29 is 14.1 Å². The molecule has 6 nitrogen and oxygen atoms in total. The summed E-state index contributed by atoms with van der Waals surface area (Å²) >= 11 is 2.68. The number of thiazole rings is 1. The topological polar surface area (TPSA) is 76.3 Å². The van der Waals surface area contributed by atoms with Crippen molar-refractivity contribution in [3.05, 3.63) is 64.0 Å². The predicted molar refractivity (Wildman–Crippen MR) is 95.4 cm³/mol. The Labute approximate surface area is 149 Å². The normalized spacial score (nSPS) is 17.4. The van der Waals surface area contributed by atoms with Crippen molar-refractivity contribution in [1.29, 1.82) is 0 Å². The van der Waals surface area contributed by atoms with Gasteiger partial charge in [0.05, 0.1) is 20.9 Å². The van der Waals surface area contributed by atoms with E-state index in [1.807, 2.05) is 0 Å². The number of thioether (sulfide) groups is 1. The minimum absolute atomic E-state index is 0.0000794. The summed E-state index contributed by atoms with van der Waals surface area (Å²) in [4.78, 5) is 28.7. The van der Waals surface area contributed by atoms with E-state index in [1.54, 1.807) is 23.1 Å².